The van der Waals surface area contributed by atoms with Crippen molar-refractivity contribution in [2.24, 2.45) is 0 Å². The van der Waals surface area contributed by atoms with Gasteiger partial charge in [0.1, 0.15) is 5.82 Å². The SMILES string of the molecule is Cc1cccc(N2CCCC(Cl)C2)n1. The van der Waals surface area contributed by atoms with E-state index in [2.05, 4.69) is 22.0 Å². The van der Waals surface area contributed by atoms with Crippen molar-refractivity contribution in [3.05, 3.63) is 23.9 Å². The molecule has 0 bridgehead atoms. The van der Waals surface area contributed by atoms with Crippen LogP contribution in [0.25, 0.3) is 0 Å². The Morgan fingerprint density at radius 1 is 1.50 bits per heavy atom. The molecule has 0 amide bonds. The minimum absolute atomic E-state index is 0.283. The molecule has 0 N–H and O–H groups in total. The molecular weight excluding hydrogens is 196 g/mol. The number of nitrogens with zero attached hydrogens (tertiary/aromatic N) is 2. The first-order chi connectivity index (χ1) is 6.75. The number of piperidine rings is 1. The fraction of sp³-hybridized carbons (Fsp3) is 0.545. The molecule has 0 aromatic carbocycles. The first kappa shape index (κ1) is 9.78. The van der Waals surface area contributed by atoms with Crippen molar-refractivity contribution >= 4 is 17.4 Å². The van der Waals surface area contributed by atoms with Crippen molar-refractivity contribution in [3.63, 3.8) is 0 Å². The first-order valence-corrected chi connectivity index (χ1v) is 5.52. The van der Waals surface area contributed by atoms with Gasteiger partial charge in [0, 0.05) is 18.8 Å². The molecule has 0 radical (unpaired) electrons. The minimum Gasteiger partial charge on any atom is -0.355 e. The van der Waals surface area contributed by atoms with Crippen LogP contribution in [0, 0.1) is 6.92 Å². The molecule has 0 aliphatic carbocycles. The maximum atomic E-state index is 6.13. The van der Waals surface area contributed by atoms with Crippen LogP contribution in [0.2, 0.25) is 0 Å². The van der Waals surface area contributed by atoms with Crippen LogP contribution in [0.15, 0.2) is 18.2 Å². The van der Waals surface area contributed by atoms with Gasteiger partial charge in [-0.1, -0.05) is 6.07 Å². The lowest BCUT2D eigenvalue weighted by molar-refractivity contribution is 0.579. The average Bonchev–Trinajstić information content (AvgIpc) is 2.18. The van der Waals surface area contributed by atoms with Crippen molar-refractivity contribution in [1.29, 1.82) is 0 Å². The number of rotatable bonds is 1. The van der Waals surface area contributed by atoms with E-state index in [1.165, 1.54) is 6.42 Å². The van der Waals surface area contributed by atoms with Gasteiger partial charge in [0.15, 0.2) is 0 Å². The lowest BCUT2D eigenvalue weighted by Gasteiger charge is -2.30. The highest BCUT2D eigenvalue weighted by molar-refractivity contribution is 6.21. The molecule has 1 unspecified atom stereocenters. The Hall–Kier alpha value is -0.760. The predicted molar refractivity (Wildman–Crippen MR) is 60.1 cm³/mol. The fourth-order valence-corrected chi connectivity index (χ4v) is 2.16. The average molecular weight is 211 g/mol. The number of anilines is 1. The van der Waals surface area contributed by atoms with E-state index in [-0.39, 0.29) is 5.38 Å². The zero-order chi connectivity index (χ0) is 9.97. The maximum absolute atomic E-state index is 6.13. The van der Waals surface area contributed by atoms with Gasteiger partial charge in [-0.25, -0.2) is 4.98 Å². The monoisotopic (exact) mass is 210 g/mol. The molecule has 2 nitrogen and oxygen atoms in total. The van der Waals surface area contributed by atoms with Crippen molar-refractivity contribution in [3.8, 4) is 0 Å². The van der Waals surface area contributed by atoms with E-state index >= 15 is 0 Å². The van der Waals surface area contributed by atoms with Gasteiger partial charge in [0.25, 0.3) is 0 Å². The highest BCUT2D eigenvalue weighted by Gasteiger charge is 2.18. The summed E-state index contributed by atoms with van der Waals surface area (Å²) in [4.78, 5) is 6.77. The van der Waals surface area contributed by atoms with E-state index in [1.807, 2.05) is 13.0 Å². The van der Waals surface area contributed by atoms with Gasteiger partial charge in [-0.3, -0.25) is 0 Å². The summed E-state index contributed by atoms with van der Waals surface area (Å²) in [5.41, 5.74) is 1.07. The van der Waals surface area contributed by atoms with Crippen LogP contribution < -0.4 is 4.90 Å². The second kappa shape index (κ2) is 4.18. The van der Waals surface area contributed by atoms with Crippen LogP contribution in [0.1, 0.15) is 18.5 Å². The zero-order valence-electron chi connectivity index (χ0n) is 8.41. The highest BCUT2D eigenvalue weighted by Crippen LogP contribution is 2.20. The molecule has 1 aliphatic rings. The van der Waals surface area contributed by atoms with Crippen molar-refractivity contribution < 1.29 is 0 Å². The number of alkyl halides is 1. The van der Waals surface area contributed by atoms with E-state index in [0.717, 1.165) is 31.0 Å². The zero-order valence-corrected chi connectivity index (χ0v) is 9.17. The van der Waals surface area contributed by atoms with E-state index in [4.69, 9.17) is 11.6 Å². The third-order valence-electron chi connectivity index (χ3n) is 2.56. The molecule has 0 spiro atoms. The van der Waals surface area contributed by atoms with Gasteiger partial charge in [-0.05, 0) is 31.9 Å². The molecule has 1 fully saturated rings. The van der Waals surface area contributed by atoms with Crippen molar-refractivity contribution in [2.75, 3.05) is 18.0 Å². The fourth-order valence-electron chi connectivity index (χ4n) is 1.84. The number of hydrogen-bond donors (Lipinski definition) is 0. The minimum atomic E-state index is 0.283. The van der Waals surface area contributed by atoms with Crippen LogP contribution in [0.4, 0.5) is 5.82 Å². The van der Waals surface area contributed by atoms with Crippen molar-refractivity contribution in [1.82, 2.24) is 4.98 Å². The number of aromatic nitrogens is 1. The molecule has 76 valence electrons. The summed E-state index contributed by atoms with van der Waals surface area (Å²) in [6.07, 6.45) is 2.30. The molecule has 1 aliphatic heterocycles. The van der Waals surface area contributed by atoms with Gasteiger partial charge < -0.3 is 4.90 Å². The van der Waals surface area contributed by atoms with Gasteiger partial charge in [0.2, 0.25) is 0 Å². The van der Waals surface area contributed by atoms with Gasteiger partial charge in [0.05, 0.1) is 5.38 Å². The van der Waals surface area contributed by atoms with E-state index in [0.29, 0.717) is 0 Å². The van der Waals surface area contributed by atoms with Crippen LogP contribution in [0.5, 0.6) is 0 Å². The summed E-state index contributed by atoms with van der Waals surface area (Å²) in [6.45, 7) is 4.03. The van der Waals surface area contributed by atoms with E-state index in [9.17, 15) is 0 Å². The molecule has 2 heterocycles. The molecule has 1 aromatic rings. The van der Waals surface area contributed by atoms with E-state index < -0.39 is 0 Å². The summed E-state index contributed by atoms with van der Waals surface area (Å²) in [5.74, 6) is 1.07. The Labute approximate surface area is 89.9 Å². The first-order valence-electron chi connectivity index (χ1n) is 5.08. The molecule has 0 saturated carbocycles. The highest BCUT2D eigenvalue weighted by atomic mass is 35.5. The van der Waals surface area contributed by atoms with Crippen LogP contribution >= 0.6 is 11.6 Å². The van der Waals surface area contributed by atoms with Crippen LogP contribution in [-0.2, 0) is 0 Å². The summed E-state index contributed by atoms with van der Waals surface area (Å²) in [5, 5.41) is 0.283. The molecule has 14 heavy (non-hydrogen) atoms. The second-order valence-electron chi connectivity index (χ2n) is 3.82. The predicted octanol–water partition coefficient (Wildman–Crippen LogP) is 2.60. The largest absolute Gasteiger partial charge is 0.355 e. The summed E-state index contributed by atoms with van der Waals surface area (Å²) in [6, 6.07) is 6.13. The Morgan fingerprint density at radius 2 is 2.36 bits per heavy atom. The summed E-state index contributed by atoms with van der Waals surface area (Å²) in [7, 11) is 0. The number of pyridine rings is 1. The third kappa shape index (κ3) is 2.18. The quantitative estimate of drug-likeness (QED) is 0.663. The Balaban J connectivity index is 2.14. The molecule has 1 saturated heterocycles. The Kier molecular flexibility index (Phi) is 2.92. The summed E-state index contributed by atoms with van der Waals surface area (Å²) >= 11 is 6.13. The maximum Gasteiger partial charge on any atom is 0.128 e. The topological polar surface area (TPSA) is 16.1 Å². The standard InChI is InChI=1S/C11H15ClN2/c1-9-4-2-6-11(13-9)14-7-3-5-10(12)8-14/h2,4,6,10H,3,5,7-8H2,1H3. The van der Waals surface area contributed by atoms with Crippen LogP contribution in [0.3, 0.4) is 0 Å². The summed E-state index contributed by atoms with van der Waals surface area (Å²) < 4.78 is 0. The number of halogens is 1. The molecular formula is C11H15ClN2. The van der Waals surface area contributed by atoms with Gasteiger partial charge in [-0.2, -0.15) is 0 Å². The molecule has 1 aromatic heterocycles. The van der Waals surface area contributed by atoms with Crippen LogP contribution in [-0.4, -0.2) is 23.5 Å². The smallest absolute Gasteiger partial charge is 0.128 e. The molecule has 3 heteroatoms. The lowest BCUT2D eigenvalue weighted by Crippen LogP contribution is -2.36. The number of aryl methyl sites for hydroxylation is 1. The van der Waals surface area contributed by atoms with Gasteiger partial charge in [-0.15, -0.1) is 11.6 Å². The van der Waals surface area contributed by atoms with E-state index in [1.54, 1.807) is 0 Å². The lowest BCUT2D eigenvalue weighted by atomic mass is 10.1. The normalized spacial score (nSPS) is 22.4. The molecule has 2 rings (SSSR count). The second-order valence-corrected chi connectivity index (χ2v) is 4.44. The Morgan fingerprint density at radius 3 is 3.07 bits per heavy atom. The van der Waals surface area contributed by atoms with Crippen molar-refractivity contribution in [2.45, 2.75) is 25.1 Å². The number of hydrogen-bond acceptors (Lipinski definition) is 2. The van der Waals surface area contributed by atoms with Gasteiger partial charge >= 0.3 is 0 Å². The third-order valence-corrected chi connectivity index (χ3v) is 2.92. The Bertz CT molecular complexity index is 314. The molecule has 1 atom stereocenters.